The Morgan fingerprint density at radius 3 is 2.33 bits per heavy atom. The summed E-state index contributed by atoms with van der Waals surface area (Å²) in [6.45, 7) is 6.77. The van der Waals surface area contributed by atoms with E-state index in [-0.39, 0.29) is 5.78 Å². The maximum absolute atomic E-state index is 12.1. The van der Waals surface area contributed by atoms with Crippen molar-refractivity contribution in [3.8, 4) is 0 Å². The lowest BCUT2D eigenvalue weighted by atomic mass is 10.1. The first-order valence-corrected chi connectivity index (χ1v) is 8.70. The van der Waals surface area contributed by atoms with Gasteiger partial charge in [-0.15, -0.1) is 0 Å². The molecular weight excluding hydrogens is 348 g/mol. The van der Waals surface area contributed by atoms with Crippen molar-refractivity contribution in [1.29, 1.82) is 0 Å². The van der Waals surface area contributed by atoms with Crippen LogP contribution >= 0.6 is 0 Å². The molecule has 0 aliphatic rings. The fourth-order valence-corrected chi connectivity index (χ4v) is 2.15. The van der Waals surface area contributed by atoms with Gasteiger partial charge < -0.3 is 20.1 Å². The molecule has 0 aliphatic heterocycles. The van der Waals surface area contributed by atoms with Crippen molar-refractivity contribution in [2.75, 3.05) is 7.11 Å². The smallest absolute Gasteiger partial charge is 0.408 e. The molecule has 0 saturated heterocycles. The molecular formula is C20H28N2O5. The van der Waals surface area contributed by atoms with E-state index in [1.165, 1.54) is 19.4 Å². The molecule has 7 heteroatoms. The summed E-state index contributed by atoms with van der Waals surface area (Å²) in [6, 6.07) is 8.07. The van der Waals surface area contributed by atoms with Gasteiger partial charge in [0.2, 0.25) is 0 Å². The average Bonchev–Trinajstić information content (AvgIpc) is 2.59. The molecule has 0 fully saturated rings. The minimum atomic E-state index is -0.761. The molecule has 7 nitrogen and oxygen atoms in total. The molecule has 1 amide bonds. The van der Waals surface area contributed by atoms with Crippen molar-refractivity contribution in [2.45, 2.75) is 51.8 Å². The van der Waals surface area contributed by atoms with Gasteiger partial charge in [-0.1, -0.05) is 30.3 Å². The molecule has 0 saturated carbocycles. The lowest BCUT2D eigenvalue weighted by Gasteiger charge is -2.21. The minimum Gasteiger partial charge on any atom is -0.467 e. The summed E-state index contributed by atoms with van der Waals surface area (Å²) in [6.07, 6.45) is 2.40. The summed E-state index contributed by atoms with van der Waals surface area (Å²) in [5.41, 5.74) is 0.315. The number of ketones is 1. The Labute approximate surface area is 160 Å². The van der Waals surface area contributed by atoms with Crippen LogP contribution in [0.25, 0.3) is 0 Å². The Morgan fingerprint density at radius 1 is 1.15 bits per heavy atom. The summed E-state index contributed by atoms with van der Waals surface area (Å²) < 4.78 is 9.91. The summed E-state index contributed by atoms with van der Waals surface area (Å²) in [5.74, 6) is -0.771. The third-order valence-corrected chi connectivity index (χ3v) is 3.47. The Hall–Kier alpha value is -2.83. The number of esters is 1. The Bertz CT molecular complexity index is 665. The van der Waals surface area contributed by atoms with Crippen LogP contribution in [0.5, 0.6) is 0 Å². The van der Waals surface area contributed by atoms with Crippen molar-refractivity contribution >= 4 is 17.8 Å². The van der Waals surface area contributed by atoms with Crippen molar-refractivity contribution in [1.82, 2.24) is 10.6 Å². The monoisotopic (exact) mass is 376 g/mol. The van der Waals surface area contributed by atoms with Crippen LogP contribution in [0.2, 0.25) is 0 Å². The van der Waals surface area contributed by atoms with Gasteiger partial charge in [-0.3, -0.25) is 4.79 Å². The molecule has 1 aromatic carbocycles. The molecule has 1 rings (SSSR count). The number of amides is 1. The van der Waals surface area contributed by atoms with Crippen LogP contribution in [0.4, 0.5) is 4.79 Å². The zero-order valence-electron chi connectivity index (χ0n) is 16.4. The molecule has 0 bridgehead atoms. The fraction of sp³-hybridized carbons (Fsp3) is 0.450. The molecule has 0 aliphatic carbocycles. The highest BCUT2D eigenvalue weighted by Crippen LogP contribution is 2.07. The standard InChI is InChI=1S/C20H28N2O5/c1-14(22-19(25)27-20(2,3)4)17(23)11-12-21-16(18(24)26-5)13-15-9-7-6-8-10-15/h6-12,14,16,21H,13H2,1-5H3,(H,22,25)/b12-11-/t14-,16-/m0/s1. The van der Waals surface area contributed by atoms with E-state index < -0.39 is 29.7 Å². The number of ether oxygens (including phenoxy) is 2. The summed E-state index contributed by atoms with van der Waals surface area (Å²) in [5, 5.41) is 5.34. The van der Waals surface area contributed by atoms with Crippen LogP contribution < -0.4 is 10.6 Å². The van der Waals surface area contributed by atoms with Crippen molar-refractivity contribution < 1.29 is 23.9 Å². The van der Waals surface area contributed by atoms with Crippen LogP contribution in [-0.2, 0) is 25.5 Å². The number of carbonyl (C=O) groups excluding carboxylic acids is 3. The molecule has 2 atom stereocenters. The summed E-state index contributed by atoms with van der Waals surface area (Å²) >= 11 is 0. The topological polar surface area (TPSA) is 93.7 Å². The number of hydrogen-bond donors (Lipinski definition) is 2. The van der Waals surface area contributed by atoms with Crippen molar-refractivity contribution in [2.24, 2.45) is 0 Å². The van der Waals surface area contributed by atoms with Gasteiger partial charge in [-0.05, 0) is 39.3 Å². The van der Waals surface area contributed by atoms with E-state index in [2.05, 4.69) is 10.6 Å². The van der Waals surface area contributed by atoms with Gasteiger partial charge in [-0.2, -0.15) is 0 Å². The second-order valence-corrected chi connectivity index (χ2v) is 7.04. The van der Waals surface area contributed by atoms with Gasteiger partial charge in [0.25, 0.3) is 0 Å². The number of carbonyl (C=O) groups is 3. The molecule has 2 N–H and O–H groups in total. The lowest BCUT2D eigenvalue weighted by Crippen LogP contribution is -2.41. The fourth-order valence-electron chi connectivity index (χ4n) is 2.15. The number of alkyl carbamates (subject to hydrolysis) is 1. The van der Waals surface area contributed by atoms with Crippen LogP contribution in [0.1, 0.15) is 33.3 Å². The number of hydrogen-bond acceptors (Lipinski definition) is 6. The van der Waals surface area contributed by atoms with E-state index >= 15 is 0 Å². The Morgan fingerprint density at radius 2 is 1.78 bits per heavy atom. The molecule has 0 spiro atoms. The first-order chi connectivity index (χ1) is 12.6. The third kappa shape index (κ3) is 8.89. The second-order valence-electron chi connectivity index (χ2n) is 7.04. The Balaban J connectivity index is 2.60. The predicted octanol–water partition coefficient (Wildman–Crippen LogP) is 2.36. The maximum Gasteiger partial charge on any atom is 0.408 e. The highest BCUT2D eigenvalue weighted by molar-refractivity contribution is 5.95. The van der Waals surface area contributed by atoms with Crippen LogP contribution in [0.3, 0.4) is 0 Å². The zero-order valence-corrected chi connectivity index (χ0v) is 16.4. The highest BCUT2D eigenvalue weighted by Gasteiger charge is 2.21. The quantitative estimate of drug-likeness (QED) is 0.534. The number of nitrogens with one attached hydrogen (secondary N) is 2. The van der Waals surface area contributed by atoms with Crippen LogP contribution in [0.15, 0.2) is 42.6 Å². The molecule has 0 aromatic heterocycles. The molecule has 0 heterocycles. The van der Waals surface area contributed by atoms with Gasteiger partial charge in [0.05, 0.1) is 13.2 Å². The first kappa shape index (κ1) is 22.2. The normalized spacial score (nSPS) is 13.5. The van der Waals surface area contributed by atoms with E-state index in [9.17, 15) is 14.4 Å². The van der Waals surface area contributed by atoms with E-state index in [0.717, 1.165) is 5.56 Å². The largest absolute Gasteiger partial charge is 0.467 e. The second kappa shape index (κ2) is 10.4. The maximum atomic E-state index is 12.1. The summed E-state index contributed by atoms with van der Waals surface area (Å²) in [4.78, 5) is 35.7. The van der Waals surface area contributed by atoms with Crippen molar-refractivity contribution in [3.63, 3.8) is 0 Å². The minimum absolute atomic E-state index is 0.336. The van der Waals surface area contributed by atoms with Crippen LogP contribution in [-0.4, -0.2) is 42.6 Å². The van der Waals surface area contributed by atoms with E-state index in [0.29, 0.717) is 6.42 Å². The third-order valence-electron chi connectivity index (χ3n) is 3.47. The van der Waals surface area contributed by atoms with Gasteiger partial charge >= 0.3 is 12.1 Å². The molecule has 0 radical (unpaired) electrons. The molecule has 148 valence electrons. The van der Waals surface area contributed by atoms with E-state index in [1.54, 1.807) is 27.7 Å². The first-order valence-electron chi connectivity index (χ1n) is 8.70. The Kier molecular flexibility index (Phi) is 8.51. The van der Waals surface area contributed by atoms with Gasteiger partial charge in [0, 0.05) is 12.6 Å². The average molecular weight is 376 g/mol. The summed E-state index contributed by atoms with van der Waals surface area (Å²) in [7, 11) is 1.31. The molecule has 0 unspecified atom stereocenters. The number of methoxy groups -OCH3 is 1. The van der Waals surface area contributed by atoms with Gasteiger partial charge in [0.1, 0.15) is 11.6 Å². The number of rotatable bonds is 8. The van der Waals surface area contributed by atoms with Gasteiger partial charge in [0.15, 0.2) is 5.78 Å². The van der Waals surface area contributed by atoms with Crippen molar-refractivity contribution in [3.05, 3.63) is 48.2 Å². The highest BCUT2D eigenvalue weighted by atomic mass is 16.6. The van der Waals surface area contributed by atoms with E-state index in [1.807, 2.05) is 30.3 Å². The van der Waals surface area contributed by atoms with E-state index in [4.69, 9.17) is 9.47 Å². The predicted molar refractivity (Wildman–Crippen MR) is 102 cm³/mol. The van der Waals surface area contributed by atoms with Gasteiger partial charge in [-0.25, -0.2) is 9.59 Å². The molecule has 1 aromatic rings. The lowest BCUT2D eigenvalue weighted by molar-refractivity contribution is -0.142. The zero-order chi connectivity index (χ0) is 20.4. The van der Waals surface area contributed by atoms with Crippen LogP contribution in [0, 0.1) is 0 Å². The SMILES string of the molecule is COC(=O)[C@H](Cc1ccccc1)N/C=C\C(=O)[C@H](C)NC(=O)OC(C)(C)C. The molecule has 27 heavy (non-hydrogen) atoms. The number of benzene rings is 1.